The predicted molar refractivity (Wildman–Crippen MR) is 63.9 cm³/mol. The summed E-state index contributed by atoms with van der Waals surface area (Å²) in [7, 11) is 0. The largest absolute Gasteiger partial charge is 0.374 e. The average molecular weight is 214 g/mol. The molecule has 0 radical (unpaired) electrons. The van der Waals surface area contributed by atoms with Gasteiger partial charge in [0.1, 0.15) is 0 Å². The van der Waals surface area contributed by atoms with Crippen molar-refractivity contribution in [2.45, 2.75) is 45.8 Å². The van der Waals surface area contributed by atoms with Gasteiger partial charge in [-0.25, -0.2) is 0 Å². The van der Waals surface area contributed by atoms with Crippen molar-refractivity contribution in [3.05, 3.63) is 0 Å². The highest BCUT2D eigenvalue weighted by atomic mass is 16.5. The van der Waals surface area contributed by atoms with E-state index in [1.54, 1.807) is 0 Å². The van der Waals surface area contributed by atoms with E-state index in [4.69, 9.17) is 10.5 Å². The van der Waals surface area contributed by atoms with E-state index in [9.17, 15) is 0 Å². The number of rotatable bonds is 6. The van der Waals surface area contributed by atoms with Crippen LogP contribution in [-0.2, 0) is 4.74 Å². The Labute approximate surface area is 94.0 Å². The number of hydrogen-bond acceptors (Lipinski definition) is 3. The maximum atomic E-state index is 5.84. The lowest BCUT2D eigenvalue weighted by molar-refractivity contribution is 0.0300. The van der Waals surface area contributed by atoms with Gasteiger partial charge in [-0.15, -0.1) is 0 Å². The number of nitrogens with two attached hydrogens (primary N) is 1. The minimum Gasteiger partial charge on any atom is -0.374 e. The highest BCUT2D eigenvalue weighted by Gasteiger charge is 2.23. The molecule has 1 aliphatic rings. The Kier molecular flexibility index (Phi) is 5.58. The van der Waals surface area contributed by atoms with Crippen molar-refractivity contribution < 1.29 is 4.74 Å². The number of nitrogens with zero attached hydrogens (tertiary/aromatic N) is 1. The van der Waals surface area contributed by atoms with Crippen LogP contribution in [0.4, 0.5) is 0 Å². The minimum absolute atomic E-state index is 0.449. The van der Waals surface area contributed by atoms with Crippen LogP contribution in [0.5, 0.6) is 0 Å². The number of hydrogen-bond donors (Lipinski definition) is 1. The molecule has 1 aliphatic heterocycles. The Morgan fingerprint density at radius 1 is 1.47 bits per heavy atom. The lowest BCUT2D eigenvalue weighted by atomic mass is 10.1. The molecule has 2 N–H and O–H groups in total. The highest BCUT2D eigenvalue weighted by molar-refractivity contribution is 4.75. The van der Waals surface area contributed by atoms with Crippen molar-refractivity contribution in [2.24, 2.45) is 11.7 Å². The van der Waals surface area contributed by atoms with Crippen molar-refractivity contribution in [3.8, 4) is 0 Å². The van der Waals surface area contributed by atoms with Gasteiger partial charge in [0.25, 0.3) is 0 Å². The van der Waals surface area contributed by atoms with Gasteiger partial charge in [-0.05, 0) is 38.8 Å². The Balaban J connectivity index is 2.27. The normalized spacial score (nSPS) is 28.6. The summed E-state index contributed by atoms with van der Waals surface area (Å²) in [6.07, 6.45) is 3.34. The molecule has 3 nitrogen and oxygen atoms in total. The third-order valence-corrected chi connectivity index (χ3v) is 3.20. The first kappa shape index (κ1) is 12.9. The molecule has 0 aromatic rings. The fraction of sp³-hybridized carbons (Fsp3) is 1.00. The molecule has 3 atom stereocenters. The zero-order valence-electron chi connectivity index (χ0n) is 10.4. The first-order valence-corrected chi connectivity index (χ1v) is 6.23. The summed E-state index contributed by atoms with van der Waals surface area (Å²) < 4.78 is 5.84. The van der Waals surface area contributed by atoms with Crippen LogP contribution in [0.15, 0.2) is 0 Å². The van der Waals surface area contributed by atoms with Gasteiger partial charge in [0.2, 0.25) is 0 Å². The molecule has 0 saturated carbocycles. The fourth-order valence-corrected chi connectivity index (χ4v) is 2.16. The van der Waals surface area contributed by atoms with Crippen LogP contribution in [0.2, 0.25) is 0 Å². The number of likely N-dealkylation sites (N-methyl/N-ethyl adjacent to an activating group) is 1. The van der Waals surface area contributed by atoms with Crippen molar-refractivity contribution in [2.75, 3.05) is 26.2 Å². The predicted octanol–water partition coefficient (Wildman–Crippen LogP) is 1.47. The molecule has 0 amide bonds. The summed E-state index contributed by atoms with van der Waals surface area (Å²) in [4.78, 5) is 2.46. The van der Waals surface area contributed by atoms with E-state index in [0.29, 0.717) is 18.1 Å². The van der Waals surface area contributed by atoms with Crippen LogP contribution in [0.3, 0.4) is 0 Å². The van der Waals surface area contributed by atoms with Crippen LogP contribution in [0, 0.1) is 5.92 Å². The molecule has 0 aliphatic carbocycles. The van der Waals surface area contributed by atoms with Crippen LogP contribution in [-0.4, -0.2) is 43.3 Å². The van der Waals surface area contributed by atoms with E-state index in [-0.39, 0.29) is 0 Å². The van der Waals surface area contributed by atoms with E-state index >= 15 is 0 Å². The van der Waals surface area contributed by atoms with Crippen LogP contribution in [0.1, 0.15) is 33.6 Å². The molecule has 15 heavy (non-hydrogen) atoms. The van der Waals surface area contributed by atoms with Gasteiger partial charge >= 0.3 is 0 Å². The SMILES string of the molecule is CCN(CC(C)CN)CC1CCC(C)O1. The molecule has 0 aromatic heterocycles. The molecule has 1 saturated heterocycles. The lowest BCUT2D eigenvalue weighted by Gasteiger charge is -2.26. The van der Waals surface area contributed by atoms with Crippen molar-refractivity contribution in [1.82, 2.24) is 4.90 Å². The quantitative estimate of drug-likeness (QED) is 0.727. The molecule has 1 fully saturated rings. The molecule has 1 rings (SSSR count). The van der Waals surface area contributed by atoms with Gasteiger partial charge in [0.05, 0.1) is 12.2 Å². The summed E-state index contributed by atoms with van der Waals surface area (Å²) >= 11 is 0. The van der Waals surface area contributed by atoms with Crippen molar-refractivity contribution in [3.63, 3.8) is 0 Å². The summed E-state index contributed by atoms with van der Waals surface area (Å²) in [5.74, 6) is 0.587. The third-order valence-electron chi connectivity index (χ3n) is 3.20. The van der Waals surface area contributed by atoms with Crippen molar-refractivity contribution in [1.29, 1.82) is 0 Å². The van der Waals surface area contributed by atoms with Crippen LogP contribution >= 0.6 is 0 Å². The first-order valence-electron chi connectivity index (χ1n) is 6.23. The second-order valence-corrected chi connectivity index (χ2v) is 4.84. The van der Waals surface area contributed by atoms with Gasteiger partial charge in [0.15, 0.2) is 0 Å². The molecule has 0 bridgehead atoms. The summed E-state index contributed by atoms with van der Waals surface area (Å²) in [5.41, 5.74) is 5.65. The molecule has 90 valence electrons. The topological polar surface area (TPSA) is 38.5 Å². The Morgan fingerprint density at radius 3 is 2.67 bits per heavy atom. The zero-order chi connectivity index (χ0) is 11.3. The van der Waals surface area contributed by atoms with Gasteiger partial charge in [-0.3, -0.25) is 0 Å². The monoisotopic (exact) mass is 214 g/mol. The standard InChI is InChI=1S/C12H26N2O/c1-4-14(8-10(2)7-13)9-12-6-5-11(3)15-12/h10-12H,4-9,13H2,1-3H3. The molecule has 3 unspecified atom stereocenters. The highest BCUT2D eigenvalue weighted by Crippen LogP contribution is 2.20. The van der Waals surface area contributed by atoms with E-state index in [1.165, 1.54) is 12.8 Å². The lowest BCUT2D eigenvalue weighted by Crippen LogP contribution is -2.37. The molecular formula is C12H26N2O. The summed E-state index contributed by atoms with van der Waals surface area (Å²) in [6, 6.07) is 0. The van der Waals surface area contributed by atoms with E-state index < -0.39 is 0 Å². The maximum absolute atomic E-state index is 5.84. The van der Waals surface area contributed by atoms with E-state index in [2.05, 4.69) is 25.7 Å². The molecule has 3 heteroatoms. The summed E-state index contributed by atoms with van der Waals surface area (Å²) in [6.45, 7) is 10.6. The Hall–Kier alpha value is -0.120. The maximum Gasteiger partial charge on any atom is 0.0706 e. The molecule has 0 spiro atoms. The zero-order valence-corrected chi connectivity index (χ0v) is 10.4. The second kappa shape index (κ2) is 6.46. The first-order chi connectivity index (χ1) is 7.15. The van der Waals surface area contributed by atoms with Gasteiger partial charge < -0.3 is 15.4 Å². The van der Waals surface area contributed by atoms with E-state index in [1.807, 2.05) is 0 Å². The van der Waals surface area contributed by atoms with Crippen LogP contribution < -0.4 is 5.73 Å². The molecule has 1 heterocycles. The van der Waals surface area contributed by atoms with Crippen LogP contribution in [0.25, 0.3) is 0 Å². The minimum atomic E-state index is 0.449. The Morgan fingerprint density at radius 2 is 2.20 bits per heavy atom. The fourth-order valence-electron chi connectivity index (χ4n) is 2.16. The molecular weight excluding hydrogens is 188 g/mol. The second-order valence-electron chi connectivity index (χ2n) is 4.84. The van der Waals surface area contributed by atoms with E-state index in [0.717, 1.165) is 26.2 Å². The van der Waals surface area contributed by atoms with Crippen molar-refractivity contribution >= 4 is 0 Å². The van der Waals surface area contributed by atoms with Gasteiger partial charge in [0, 0.05) is 13.1 Å². The van der Waals surface area contributed by atoms with Gasteiger partial charge in [-0.2, -0.15) is 0 Å². The third kappa shape index (κ3) is 4.49. The average Bonchev–Trinajstić information content (AvgIpc) is 2.62. The smallest absolute Gasteiger partial charge is 0.0706 e. The summed E-state index contributed by atoms with van der Waals surface area (Å²) in [5, 5.41) is 0. The Bertz CT molecular complexity index is 175. The number of ether oxygens (including phenoxy) is 1. The van der Waals surface area contributed by atoms with Gasteiger partial charge in [-0.1, -0.05) is 13.8 Å². The molecule has 0 aromatic carbocycles.